The molecule has 1 aromatic carbocycles. The van der Waals surface area contributed by atoms with Crippen molar-refractivity contribution in [2.75, 3.05) is 7.11 Å². The monoisotopic (exact) mass is 395 g/mol. The second-order valence-corrected chi connectivity index (χ2v) is 5.95. The first-order valence-electron chi connectivity index (χ1n) is 8.25. The average Bonchev–Trinajstić information content (AvgIpc) is 2.91. The van der Waals surface area contributed by atoms with E-state index in [0.717, 1.165) is 0 Å². The molecule has 1 aliphatic heterocycles. The molecule has 1 fully saturated rings. The molecule has 0 atom stereocenters. The van der Waals surface area contributed by atoms with Gasteiger partial charge in [-0.05, 0) is 17.7 Å². The summed E-state index contributed by atoms with van der Waals surface area (Å²) in [7, 11) is 1.18. The van der Waals surface area contributed by atoms with Gasteiger partial charge in [-0.1, -0.05) is 6.07 Å². The number of nitrogens with zero attached hydrogens (tertiary/aromatic N) is 1. The molecule has 1 aromatic rings. The predicted molar refractivity (Wildman–Crippen MR) is 87.9 cm³/mol. The zero-order valence-corrected chi connectivity index (χ0v) is 15.0. The summed E-state index contributed by atoms with van der Waals surface area (Å²) in [4.78, 5) is 60.3. The van der Waals surface area contributed by atoms with Crippen LogP contribution in [0.25, 0.3) is 0 Å². The number of hydrogen-bond acceptors (Lipinski definition) is 9. The van der Waals surface area contributed by atoms with Gasteiger partial charge in [0.1, 0.15) is 16.1 Å². The number of ether oxygens (including phenoxy) is 1. The van der Waals surface area contributed by atoms with Crippen LogP contribution in [0.5, 0.6) is 5.75 Å². The summed E-state index contributed by atoms with van der Waals surface area (Å²) in [6, 6.07) is 4.13. The van der Waals surface area contributed by atoms with Crippen molar-refractivity contribution in [3.63, 3.8) is 0 Å². The van der Waals surface area contributed by atoms with Crippen molar-refractivity contribution in [1.82, 2.24) is 5.32 Å². The quantitative estimate of drug-likeness (QED) is 0.252. The van der Waals surface area contributed by atoms with Crippen LogP contribution in [-0.2, 0) is 35.3 Å². The molecule has 150 valence electrons. The van der Waals surface area contributed by atoms with E-state index < -0.39 is 40.9 Å². The normalized spacial score (nSPS) is 15.2. The number of imide groups is 1. The SMILES string of the molecule is COC(=O)c1ccc(CNC(=O)CCC(=O)O[N+]2(O)C(=O)CCC2=O)cc1O. The molecule has 2 rings (SSSR count). The van der Waals surface area contributed by atoms with E-state index in [1.165, 1.54) is 25.3 Å². The van der Waals surface area contributed by atoms with Crippen molar-refractivity contribution in [1.29, 1.82) is 0 Å². The highest BCUT2D eigenvalue weighted by Gasteiger charge is 2.55. The van der Waals surface area contributed by atoms with Crippen molar-refractivity contribution < 1.29 is 48.7 Å². The van der Waals surface area contributed by atoms with Crippen molar-refractivity contribution in [3.8, 4) is 5.75 Å². The van der Waals surface area contributed by atoms with Crippen LogP contribution >= 0.6 is 0 Å². The number of nitrogens with one attached hydrogen (secondary N) is 1. The molecule has 11 heteroatoms. The van der Waals surface area contributed by atoms with Crippen LogP contribution < -0.4 is 5.32 Å². The topological polar surface area (TPSA) is 156 Å². The highest BCUT2D eigenvalue weighted by atomic mass is 17.0. The Morgan fingerprint density at radius 1 is 1.14 bits per heavy atom. The van der Waals surface area contributed by atoms with E-state index in [9.17, 15) is 34.3 Å². The van der Waals surface area contributed by atoms with Gasteiger partial charge >= 0.3 is 23.8 Å². The molecular weight excluding hydrogens is 376 g/mol. The lowest BCUT2D eigenvalue weighted by molar-refractivity contribution is -1.12. The van der Waals surface area contributed by atoms with Crippen LogP contribution in [0.3, 0.4) is 0 Å². The van der Waals surface area contributed by atoms with Crippen molar-refractivity contribution in [3.05, 3.63) is 29.3 Å². The molecule has 0 aromatic heterocycles. The minimum absolute atomic E-state index is 0.0138. The molecule has 0 saturated carbocycles. The molecule has 0 spiro atoms. The van der Waals surface area contributed by atoms with Crippen LogP contribution in [0.4, 0.5) is 0 Å². The van der Waals surface area contributed by atoms with E-state index in [2.05, 4.69) is 14.9 Å². The lowest BCUT2D eigenvalue weighted by Crippen LogP contribution is -2.50. The molecule has 3 N–H and O–H groups in total. The Hall–Kier alpha value is -3.31. The molecule has 11 nitrogen and oxygen atoms in total. The number of hydrogen-bond donors (Lipinski definition) is 3. The van der Waals surface area contributed by atoms with Gasteiger partial charge in [-0.15, -0.1) is 0 Å². The Balaban J connectivity index is 1.81. The largest absolute Gasteiger partial charge is 0.507 e. The molecule has 1 aliphatic rings. The number of amides is 3. The Bertz CT molecular complexity index is 818. The summed E-state index contributed by atoms with van der Waals surface area (Å²) in [6.07, 6.45) is -1.23. The number of hydroxylamine groups is 4. The van der Waals surface area contributed by atoms with Gasteiger partial charge in [-0.3, -0.25) is 4.79 Å². The van der Waals surface area contributed by atoms with E-state index >= 15 is 0 Å². The van der Waals surface area contributed by atoms with E-state index in [1.54, 1.807) is 0 Å². The fraction of sp³-hybridized carbons (Fsp3) is 0.353. The van der Waals surface area contributed by atoms with Gasteiger partial charge in [0, 0.05) is 13.0 Å². The second kappa shape index (κ2) is 8.59. The van der Waals surface area contributed by atoms with Crippen LogP contribution in [0.1, 0.15) is 41.6 Å². The molecule has 0 bridgehead atoms. The van der Waals surface area contributed by atoms with Gasteiger partial charge in [-0.25, -0.2) is 24.0 Å². The minimum atomic E-state index is -2.02. The predicted octanol–water partition coefficient (Wildman–Crippen LogP) is 0.0864. The standard InChI is InChI=1S/C17H18N2O9/c1-27-17(25)11-3-2-10(8-12(11)20)9-18-13(21)4-7-16(24)28-19(26)14(22)5-6-15(19)23/h2-3,8,26H,4-7,9H2,1H3,(H-,18,20,21,25)/p+1. The first-order valence-corrected chi connectivity index (χ1v) is 8.25. The Labute approximate surface area is 158 Å². The summed E-state index contributed by atoms with van der Waals surface area (Å²) in [5.74, 6) is -4.53. The van der Waals surface area contributed by atoms with Gasteiger partial charge in [0.05, 0.1) is 26.4 Å². The maximum atomic E-state index is 11.8. The second-order valence-electron chi connectivity index (χ2n) is 5.95. The molecule has 0 unspecified atom stereocenters. The number of carbonyl (C=O) groups is 5. The maximum Gasteiger partial charge on any atom is 0.397 e. The number of quaternary nitrogens is 1. The van der Waals surface area contributed by atoms with Gasteiger partial charge in [-0.2, -0.15) is 5.21 Å². The number of methoxy groups -OCH3 is 1. The zero-order valence-electron chi connectivity index (χ0n) is 15.0. The van der Waals surface area contributed by atoms with Crippen LogP contribution in [0, 0.1) is 0 Å². The fourth-order valence-electron chi connectivity index (χ4n) is 2.43. The maximum absolute atomic E-state index is 11.8. The first-order chi connectivity index (χ1) is 13.2. The third-order valence-electron chi connectivity index (χ3n) is 3.98. The summed E-state index contributed by atoms with van der Waals surface area (Å²) in [5.41, 5.74) is 0.474. The van der Waals surface area contributed by atoms with E-state index in [1.807, 2.05) is 0 Å². The van der Waals surface area contributed by atoms with Gasteiger partial charge in [0.2, 0.25) is 5.91 Å². The minimum Gasteiger partial charge on any atom is -0.507 e. The molecule has 1 heterocycles. The Morgan fingerprint density at radius 2 is 1.79 bits per heavy atom. The number of rotatable bonds is 7. The Morgan fingerprint density at radius 3 is 2.36 bits per heavy atom. The van der Waals surface area contributed by atoms with Gasteiger partial charge in [0.25, 0.3) is 0 Å². The van der Waals surface area contributed by atoms with E-state index in [4.69, 9.17) is 0 Å². The number of benzene rings is 1. The molecule has 3 amide bonds. The molecule has 0 aliphatic carbocycles. The van der Waals surface area contributed by atoms with E-state index in [-0.39, 0.29) is 37.1 Å². The highest BCUT2D eigenvalue weighted by Crippen LogP contribution is 2.21. The third-order valence-corrected chi connectivity index (χ3v) is 3.98. The van der Waals surface area contributed by atoms with Crippen molar-refractivity contribution in [2.45, 2.75) is 32.2 Å². The number of phenols is 1. The fourth-order valence-corrected chi connectivity index (χ4v) is 2.43. The van der Waals surface area contributed by atoms with Crippen molar-refractivity contribution >= 4 is 29.7 Å². The number of esters is 1. The van der Waals surface area contributed by atoms with Crippen LogP contribution in [0.2, 0.25) is 0 Å². The lowest BCUT2D eigenvalue weighted by atomic mass is 10.1. The van der Waals surface area contributed by atoms with Gasteiger partial charge in [0.15, 0.2) is 0 Å². The third kappa shape index (κ3) is 4.69. The highest BCUT2D eigenvalue weighted by molar-refractivity contribution is 5.92. The smallest absolute Gasteiger partial charge is 0.397 e. The average molecular weight is 395 g/mol. The van der Waals surface area contributed by atoms with Gasteiger partial charge < -0.3 is 15.2 Å². The lowest BCUT2D eigenvalue weighted by Gasteiger charge is -2.15. The summed E-state index contributed by atoms with van der Waals surface area (Å²) >= 11 is 0. The first kappa shape index (κ1) is 21.0. The van der Waals surface area contributed by atoms with Crippen molar-refractivity contribution in [2.24, 2.45) is 0 Å². The number of aromatic hydroxyl groups is 1. The number of carbonyl (C=O) groups excluding carboxylic acids is 5. The molecular formula is C17H19N2O9+. The summed E-state index contributed by atoms with van der Waals surface area (Å²) in [5, 5.41) is 22.0. The molecule has 0 radical (unpaired) electrons. The van der Waals surface area contributed by atoms with Crippen LogP contribution in [0.15, 0.2) is 18.2 Å². The zero-order chi connectivity index (χ0) is 20.9. The molecule has 28 heavy (non-hydrogen) atoms. The summed E-state index contributed by atoms with van der Waals surface area (Å²) in [6.45, 7) is 0.0138. The van der Waals surface area contributed by atoms with E-state index in [0.29, 0.717) is 5.56 Å². The van der Waals surface area contributed by atoms with Crippen LogP contribution in [-0.4, -0.2) is 51.9 Å². The summed E-state index contributed by atoms with van der Waals surface area (Å²) < 4.78 is 4.50. The molecule has 1 saturated heterocycles. The number of phenolic OH excluding ortho intramolecular Hbond substituents is 1. The Kier molecular flexibility index (Phi) is 6.44.